The molecule has 6 nitrogen and oxygen atoms in total. The maximum atomic E-state index is 12.0. The maximum absolute atomic E-state index is 12.0. The summed E-state index contributed by atoms with van der Waals surface area (Å²) in [4.78, 5) is 25.9. The van der Waals surface area contributed by atoms with Gasteiger partial charge in [0.2, 0.25) is 0 Å². The summed E-state index contributed by atoms with van der Waals surface area (Å²) < 4.78 is 7.77. The average molecular weight is 308 g/mol. The number of hydrogen-bond donors (Lipinski definition) is 0. The van der Waals surface area contributed by atoms with Crippen molar-refractivity contribution in [1.29, 1.82) is 0 Å². The highest BCUT2D eigenvalue weighted by Gasteiger charge is 2.16. The van der Waals surface area contributed by atoms with Gasteiger partial charge in [-0.2, -0.15) is 0 Å². The second-order valence-electron chi connectivity index (χ2n) is 4.34. The van der Waals surface area contributed by atoms with E-state index >= 15 is 0 Å². The van der Waals surface area contributed by atoms with Crippen LogP contribution in [0.3, 0.4) is 0 Å². The summed E-state index contributed by atoms with van der Waals surface area (Å²) in [6.07, 6.45) is 0. The molecule has 0 N–H and O–H groups in total. The molecule has 1 saturated heterocycles. The maximum Gasteiger partial charge on any atom is 0.285 e. The predicted octanol–water partition coefficient (Wildman–Crippen LogP) is 0.186. The van der Waals surface area contributed by atoms with Gasteiger partial charge in [-0.1, -0.05) is 23.2 Å². The third kappa shape index (κ3) is 3.02. The molecular formula is C11H15Cl2N3O3. The van der Waals surface area contributed by atoms with Crippen molar-refractivity contribution in [1.82, 2.24) is 14.3 Å². The Morgan fingerprint density at radius 3 is 2.26 bits per heavy atom. The topological polar surface area (TPSA) is 56.5 Å². The first-order chi connectivity index (χ1) is 9.02. The molecule has 0 unspecified atom stereocenters. The van der Waals surface area contributed by atoms with Gasteiger partial charge in [0.25, 0.3) is 11.1 Å². The first-order valence-electron chi connectivity index (χ1n) is 5.97. The average Bonchev–Trinajstić information content (AvgIpc) is 2.44. The van der Waals surface area contributed by atoms with Crippen molar-refractivity contribution >= 4 is 23.2 Å². The van der Waals surface area contributed by atoms with Crippen LogP contribution in [0.1, 0.15) is 0 Å². The summed E-state index contributed by atoms with van der Waals surface area (Å²) >= 11 is 11.5. The zero-order chi connectivity index (χ0) is 14.0. The van der Waals surface area contributed by atoms with Gasteiger partial charge >= 0.3 is 0 Å². The van der Waals surface area contributed by atoms with Gasteiger partial charge in [0.05, 0.1) is 19.8 Å². The molecule has 1 aromatic rings. The van der Waals surface area contributed by atoms with E-state index in [0.29, 0.717) is 26.3 Å². The van der Waals surface area contributed by atoms with Crippen LogP contribution in [0, 0.1) is 0 Å². The van der Waals surface area contributed by atoms with E-state index in [9.17, 15) is 9.59 Å². The van der Waals surface area contributed by atoms with Crippen LogP contribution < -0.4 is 11.1 Å². The highest BCUT2D eigenvalue weighted by Crippen LogP contribution is 2.11. The van der Waals surface area contributed by atoms with E-state index in [1.807, 2.05) is 0 Å². The van der Waals surface area contributed by atoms with Crippen molar-refractivity contribution in [2.45, 2.75) is 6.54 Å². The van der Waals surface area contributed by atoms with E-state index in [1.165, 1.54) is 16.4 Å². The van der Waals surface area contributed by atoms with Crippen LogP contribution >= 0.6 is 23.2 Å². The third-order valence-corrected chi connectivity index (χ3v) is 3.99. The minimum absolute atomic E-state index is 0.216. The number of nitrogens with zero attached hydrogens (tertiary/aromatic N) is 3. The molecule has 0 amide bonds. The zero-order valence-corrected chi connectivity index (χ0v) is 12.1. The van der Waals surface area contributed by atoms with E-state index in [0.717, 1.165) is 13.1 Å². The van der Waals surface area contributed by atoms with Crippen molar-refractivity contribution in [3.63, 3.8) is 0 Å². The number of hydrogen-bond acceptors (Lipinski definition) is 4. The first kappa shape index (κ1) is 14.6. The molecule has 0 atom stereocenters. The Morgan fingerprint density at radius 1 is 1.05 bits per heavy atom. The van der Waals surface area contributed by atoms with Gasteiger partial charge in [-0.15, -0.1) is 0 Å². The minimum Gasteiger partial charge on any atom is -0.379 e. The van der Waals surface area contributed by atoms with Crippen LogP contribution in [-0.2, 0) is 18.3 Å². The summed E-state index contributed by atoms with van der Waals surface area (Å²) in [6.45, 7) is 4.08. The zero-order valence-electron chi connectivity index (χ0n) is 10.6. The Morgan fingerprint density at radius 2 is 1.63 bits per heavy atom. The lowest BCUT2D eigenvalue weighted by atomic mass is 10.4. The molecule has 1 aromatic heterocycles. The van der Waals surface area contributed by atoms with Crippen molar-refractivity contribution in [2.75, 3.05) is 32.8 Å². The molecule has 1 aliphatic heterocycles. The lowest BCUT2D eigenvalue weighted by Gasteiger charge is -2.27. The number of halogens is 2. The molecule has 2 heterocycles. The van der Waals surface area contributed by atoms with Crippen LogP contribution in [0.15, 0.2) is 9.59 Å². The molecule has 8 heteroatoms. The number of rotatable bonds is 3. The second kappa shape index (κ2) is 6.09. The summed E-state index contributed by atoms with van der Waals surface area (Å²) in [5.41, 5.74) is -0.907. The van der Waals surface area contributed by atoms with Gasteiger partial charge in [0, 0.05) is 26.7 Å². The van der Waals surface area contributed by atoms with Crippen LogP contribution in [0.25, 0.3) is 0 Å². The lowest BCUT2D eigenvalue weighted by molar-refractivity contribution is 0.0353. The molecule has 0 spiro atoms. The summed E-state index contributed by atoms with van der Waals surface area (Å²) in [7, 11) is 1.51. The summed E-state index contributed by atoms with van der Waals surface area (Å²) in [5, 5.41) is -0.441. The monoisotopic (exact) mass is 307 g/mol. The normalized spacial score (nSPS) is 16.8. The van der Waals surface area contributed by atoms with E-state index < -0.39 is 11.1 Å². The van der Waals surface area contributed by atoms with Gasteiger partial charge in [0.15, 0.2) is 0 Å². The number of morpholine rings is 1. The van der Waals surface area contributed by atoms with Crippen LogP contribution in [-0.4, -0.2) is 47.1 Å². The molecule has 0 saturated carbocycles. The molecule has 1 fully saturated rings. The molecule has 1 aliphatic rings. The Labute approximate surface area is 120 Å². The molecule has 106 valence electrons. The van der Waals surface area contributed by atoms with Crippen molar-refractivity contribution < 1.29 is 4.74 Å². The summed E-state index contributed by atoms with van der Waals surface area (Å²) in [6, 6.07) is 0. The number of ether oxygens (including phenoxy) is 1. The Bertz CT molecular complexity index is 576. The van der Waals surface area contributed by atoms with Crippen molar-refractivity contribution in [3.8, 4) is 0 Å². The lowest BCUT2D eigenvalue weighted by Crippen LogP contribution is -2.43. The SMILES string of the molecule is Cn1c(=O)c(Cl)c(Cl)c(=O)n1CCN1CCOCC1. The standard InChI is InChI=1S/C11H15Cl2N3O3/c1-14-10(17)8(12)9(13)11(18)16(14)3-2-15-4-6-19-7-5-15/h2-7H2,1H3. The largest absolute Gasteiger partial charge is 0.379 e. The quantitative estimate of drug-likeness (QED) is 0.800. The van der Waals surface area contributed by atoms with E-state index in [4.69, 9.17) is 27.9 Å². The van der Waals surface area contributed by atoms with Crippen LogP contribution in [0.5, 0.6) is 0 Å². The Kier molecular flexibility index (Phi) is 4.67. The molecule has 0 aromatic carbocycles. The van der Waals surface area contributed by atoms with Gasteiger partial charge in [-0.3, -0.25) is 14.5 Å². The van der Waals surface area contributed by atoms with Crippen molar-refractivity contribution in [3.05, 3.63) is 30.8 Å². The Balaban J connectivity index is 2.20. The van der Waals surface area contributed by atoms with Gasteiger partial charge in [0.1, 0.15) is 10.0 Å². The van der Waals surface area contributed by atoms with E-state index in [2.05, 4.69) is 4.90 Å². The molecule has 0 bridgehead atoms. The van der Waals surface area contributed by atoms with Gasteiger partial charge < -0.3 is 4.74 Å². The third-order valence-electron chi connectivity index (χ3n) is 3.19. The highest BCUT2D eigenvalue weighted by molar-refractivity contribution is 6.41. The first-order valence-corrected chi connectivity index (χ1v) is 6.73. The summed E-state index contributed by atoms with van der Waals surface area (Å²) in [5.74, 6) is 0. The number of aromatic nitrogens is 2. The predicted molar refractivity (Wildman–Crippen MR) is 73.2 cm³/mol. The molecule has 19 heavy (non-hydrogen) atoms. The van der Waals surface area contributed by atoms with E-state index in [-0.39, 0.29) is 10.0 Å². The van der Waals surface area contributed by atoms with Gasteiger partial charge in [-0.25, -0.2) is 9.36 Å². The van der Waals surface area contributed by atoms with Gasteiger partial charge in [-0.05, 0) is 0 Å². The molecule has 0 radical (unpaired) electrons. The molecule has 2 rings (SSSR count). The van der Waals surface area contributed by atoms with Crippen molar-refractivity contribution in [2.24, 2.45) is 7.05 Å². The van der Waals surface area contributed by atoms with Crippen LogP contribution in [0.2, 0.25) is 10.0 Å². The second-order valence-corrected chi connectivity index (χ2v) is 5.09. The fraction of sp³-hybridized carbons (Fsp3) is 0.636. The minimum atomic E-state index is -0.465. The van der Waals surface area contributed by atoms with E-state index in [1.54, 1.807) is 0 Å². The molecular weight excluding hydrogens is 293 g/mol. The highest BCUT2D eigenvalue weighted by atomic mass is 35.5. The molecule has 0 aliphatic carbocycles. The fourth-order valence-corrected chi connectivity index (χ4v) is 2.38. The Hall–Kier alpha value is -0.820. The fourth-order valence-electron chi connectivity index (χ4n) is 2.00. The van der Waals surface area contributed by atoms with Crippen LogP contribution in [0.4, 0.5) is 0 Å². The smallest absolute Gasteiger partial charge is 0.285 e.